The molecule has 0 atom stereocenters. The molecule has 10 nitrogen and oxygen atoms in total. The predicted molar refractivity (Wildman–Crippen MR) is 87.4 cm³/mol. The van der Waals surface area contributed by atoms with Gasteiger partial charge in [0.2, 0.25) is 5.91 Å². The number of nitrogens with one attached hydrogen (secondary N) is 2. The molecule has 2 amide bonds. The molecule has 0 aromatic carbocycles. The Kier molecular flexibility index (Phi) is 6.38. The fraction of sp³-hybridized carbons (Fsp3) is 0.400. The Labute approximate surface area is 156 Å². The van der Waals surface area contributed by atoms with Crippen molar-refractivity contribution in [3.8, 4) is 0 Å². The van der Waals surface area contributed by atoms with Gasteiger partial charge in [-0.05, 0) is 13.0 Å². The van der Waals surface area contributed by atoms with Gasteiger partial charge in [0.25, 0.3) is 5.91 Å². The number of aromatic nitrogens is 4. The molecule has 0 saturated heterocycles. The van der Waals surface area contributed by atoms with Crippen LogP contribution in [-0.4, -0.2) is 55.5 Å². The van der Waals surface area contributed by atoms with Gasteiger partial charge >= 0.3 is 12.1 Å². The van der Waals surface area contributed by atoms with Gasteiger partial charge in [0.1, 0.15) is 17.9 Å². The minimum absolute atomic E-state index is 0.0133. The van der Waals surface area contributed by atoms with E-state index in [-0.39, 0.29) is 37.6 Å². The first-order valence-corrected chi connectivity index (χ1v) is 8.08. The van der Waals surface area contributed by atoms with Crippen LogP contribution in [0.25, 0.3) is 0 Å². The van der Waals surface area contributed by atoms with Crippen molar-refractivity contribution in [1.82, 2.24) is 30.2 Å². The Morgan fingerprint density at radius 2 is 1.82 bits per heavy atom. The second-order valence-electron chi connectivity index (χ2n) is 5.51. The van der Waals surface area contributed by atoms with Gasteiger partial charge in [0, 0.05) is 31.9 Å². The third-order valence-corrected chi connectivity index (χ3v) is 3.56. The van der Waals surface area contributed by atoms with Gasteiger partial charge < -0.3 is 15.7 Å². The first-order valence-electron chi connectivity index (χ1n) is 8.08. The van der Waals surface area contributed by atoms with Crippen LogP contribution in [0, 0.1) is 0 Å². The van der Waals surface area contributed by atoms with E-state index in [2.05, 4.69) is 20.8 Å². The average molecular weight is 402 g/mol. The number of aryl methyl sites for hydroxylation is 1. The van der Waals surface area contributed by atoms with E-state index < -0.39 is 29.7 Å². The third kappa shape index (κ3) is 5.08. The van der Waals surface area contributed by atoms with Gasteiger partial charge in [0.15, 0.2) is 5.69 Å². The summed E-state index contributed by atoms with van der Waals surface area (Å²) < 4.78 is 40.1. The molecule has 2 aromatic heterocycles. The van der Waals surface area contributed by atoms with E-state index in [4.69, 9.17) is 5.11 Å². The number of amides is 2. The molecule has 0 aliphatic carbocycles. The van der Waals surface area contributed by atoms with Gasteiger partial charge in [-0.25, -0.2) is 9.48 Å². The maximum Gasteiger partial charge on any atom is 0.435 e. The zero-order valence-electron chi connectivity index (χ0n) is 14.7. The van der Waals surface area contributed by atoms with Crippen molar-refractivity contribution in [2.24, 2.45) is 0 Å². The maximum atomic E-state index is 12.7. The number of carboxylic acid groups (broad SMARTS) is 1. The molecule has 2 heterocycles. The highest BCUT2D eigenvalue weighted by Gasteiger charge is 2.35. The lowest BCUT2D eigenvalue weighted by Gasteiger charge is -2.08. The Morgan fingerprint density at radius 1 is 1.14 bits per heavy atom. The van der Waals surface area contributed by atoms with Crippen LogP contribution < -0.4 is 10.6 Å². The lowest BCUT2D eigenvalue weighted by molar-refractivity contribution is -0.141. The molecule has 152 valence electrons. The number of nitrogens with zero attached hydrogens (tertiary/aromatic N) is 4. The molecular formula is C15H17F3N6O4. The SMILES string of the molecule is CCn1nc(C(F)(F)F)cc1C(=O)NCCNC(=O)Cn1nccc1C(=O)O. The van der Waals surface area contributed by atoms with Gasteiger partial charge in [-0.3, -0.25) is 14.3 Å². The Hall–Kier alpha value is -3.38. The molecule has 0 unspecified atom stereocenters. The largest absolute Gasteiger partial charge is 0.477 e. The van der Waals surface area contributed by atoms with E-state index >= 15 is 0 Å². The number of hydrogen-bond acceptors (Lipinski definition) is 5. The highest BCUT2D eigenvalue weighted by Crippen LogP contribution is 2.28. The fourth-order valence-corrected chi connectivity index (χ4v) is 2.28. The van der Waals surface area contributed by atoms with Crippen molar-refractivity contribution in [1.29, 1.82) is 0 Å². The number of alkyl halides is 3. The molecule has 2 aromatic rings. The number of carboxylic acids is 1. The lowest BCUT2D eigenvalue weighted by Crippen LogP contribution is -2.37. The molecule has 0 bridgehead atoms. The van der Waals surface area contributed by atoms with Crippen LogP contribution in [0.2, 0.25) is 0 Å². The number of carbonyl (C=O) groups excluding carboxylic acids is 2. The summed E-state index contributed by atoms with van der Waals surface area (Å²) >= 11 is 0. The zero-order chi connectivity index (χ0) is 20.9. The van der Waals surface area contributed by atoms with E-state index in [0.29, 0.717) is 6.07 Å². The van der Waals surface area contributed by atoms with Crippen LogP contribution in [-0.2, 0) is 24.1 Å². The molecule has 13 heteroatoms. The minimum atomic E-state index is -4.66. The Balaban J connectivity index is 1.84. The van der Waals surface area contributed by atoms with Crippen LogP contribution in [0.15, 0.2) is 18.3 Å². The van der Waals surface area contributed by atoms with Crippen molar-refractivity contribution >= 4 is 17.8 Å². The van der Waals surface area contributed by atoms with Crippen molar-refractivity contribution in [2.45, 2.75) is 26.2 Å². The molecule has 0 fully saturated rings. The molecule has 3 N–H and O–H groups in total. The van der Waals surface area contributed by atoms with Gasteiger partial charge in [-0.1, -0.05) is 0 Å². The quantitative estimate of drug-likeness (QED) is 0.547. The number of carbonyl (C=O) groups is 3. The topological polar surface area (TPSA) is 131 Å². The van der Waals surface area contributed by atoms with Crippen LogP contribution in [0.3, 0.4) is 0 Å². The van der Waals surface area contributed by atoms with E-state index in [1.54, 1.807) is 6.92 Å². The summed E-state index contributed by atoms with van der Waals surface area (Å²) in [7, 11) is 0. The molecule has 0 aliphatic rings. The van der Waals surface area contributed by atoms with Gasteiger partial charge in [-0.15, -0.1) is 0 Å². The van der Waals surface area contributed by atoms with Crippen LogP contribution in [0.4, 0.5) is 13.2 Å². The second kappa shape index (κ2) is 8.54. The van der Waals surface area contributed by atoms with Crippen LogP contribution in [0.1, 0.15) is 33.6 Å². The highest BCUT2D eigenvalue weighted by atomic mass is 19.4. The van der Waals surface area contributed by atoms with E-state index in [1.807, 2.05) is 0 Å². The summed E-state index contributed by atoms with van der Waals surface area (Å²) in [6.45, 7) is 1.22. The summed E-state index contributed by atoms with van der Waals surface area (Å²) in [5.74, 6) is -2.54. The standard InChI is InChI=1S/C15H17F3N6O4/c1-2-23-10(7-11(22-23)15(16,17)18)13(26)20-6-5-19-12(25)8-24-9(14(27)28)3-4-21-24/h3-4,7H,2,5-6,8H2,1H3,(H,19,25)(H,20,26)(H,27,28). The first-order chi connectivity index (χ1) is 13.1. The smallest absolute Gasteiger partial charge is 0.435 e. The average Bonchev–Trinajstić information content (AvgIpc) is 3.24. The molecule has 0 saturated carbocycles. The van der Waals surface area contributed by atoms with Crippen LogP contribution in [0.5, 0.6) is 0 Å². The normalized spacial score (nSPS) is 11.3. The minimum Gasteiger partial charge on any atom is -0.477 e. The number of aromatic carboxylic acids is 1. The summed E-state index contributed by atoms with van der Waals surface area (Å²) in [4.78, 5) is 34.8. The number of halogens is 3. The monoisotopic (exact) mass is 402 g/mol. The fourth-order valence-electron chi connectivity index (χ4n) is 2.28. The van der Waals surface area contributed by atoms with E-state index in [9.17, 15) is 27.6 Å². The zero-order valence-corrected chi connectivity index (χ0v) is 14.7. The summed E-state index contributed by atoms with van der Waals surface area (Å²) in [5.41, 5.74) is -1.57. The Morgan fingerprint density at radius 3 is 2.43 bits per heavy atom. The lowest BCUT2D eigenvalue weighted by atomic mass is 10.3. The van der Waals surface area contributed by atoms with Gasteiger partial charge in [-0.2, -0.15) is 23.4 Å². The van der Waals surface area contributed by atoms with Crippen molar-refractivity contribution in [2.75, 3.05) is 13.1 Å². The molecule has 0 spiro atoms. The molecule has 28 heavy (non-hydrogen) atoms. The first kappa shape index (κ1) is 20.9. The third-order valence-electron chi connectivity index (χ3n) is 3.56. The van der Waals surface area contributed by atoms with E-state index in [1.165, 1.54) is 12.3 Å². The predicted octanol–water partition coefficient (Wildman–Crippen LogP) is 0.363. The van der Waals surface area contributed by atoms with Crippen molar-refractivity contribution in [3.05, 3.63) is 35.4 Å². The maximum absolute atomic E-state index is 12.7. The summed E-state index contributed by atoms with van der Waals surface area (Å²) in [6, 6.07) is 1.89. The van der Waals surface area contributed by atoms with E-state index in [0.717, 1.165) is 9.36 Å². The second-order valence-corrected chi connectivity index (χ2v) is 5.51. The number of hydrogen-bond donors (Lipinski definition) is 3. The molecule has 0 aliphatic heterocycles. The summed E-state index contributed by atoms with van der Waals surface area (Å²) in [6.07, 6.45) is -3.42. The number of rotatable bonds is 8. The Bertz CT molecular complexity index is 873. The summed E-state index contributed by atoms with van der Waals surface area (Å²) in [5, 5.41) is 20.8. The molecule has 2 rings (SSSR count). The molecule has 0 radical (unpaired) electrons. The highest BCUT2D eigenvalue weighted by molar-refractivity contribution is 5.92. The van der Waals surface area contributed by atoms with Crippen molar-refractivity contribution < 1.29 is 32.7 Å². The van der Waals surface area contributed by atoms with Crippen LogP contribution >= 0.6 is 0 Å². The van der Waals surface area contributed by atoms with Gasteiger partial charge in [0.05, 0.1) is 0 Å². The molecular weight excluding hydrogens is 385 g/mol. The van der Waals surface area contributed by atoms with Crippen molar-refractivity contribution in [3.63, 3.8) is 0 Å².